The number of hydrogen-bond donors (Lipinski definition) is 1. The normalized spacial score (nSPS) is 10.6. The van der Waals surface area contributed by atoms with E-state index in [0.717, 1.165) is 16.9 Å². The van der Waals surface area contributed by atoms with Crippen LogP contribution in [0.15, 0.2) is 60.0 Å². The number of carbonyl (C=O) groups is 1. The fourth-order valence-corrected chi connectivity index (χ4v) is 3.03. The number of anilines is 1. The summed E-state index contributed by atoms with van der Waals surface area (Å²) in [6, 6.07) is 15.2. The second-order valence-electron chi connectivity index (χ2n) is 5.12. The standard InChI is InChI=1S/C17H15ClN4OS/c1-12-7-8-13(18)9-15(12)20-16(23)10-24-17-21-19-11-22(17)14-5-3-2-4-6-14/h2-9,11H,10H2,1H3,(H,20,23). The Morgan fingerprint density at radius 3 is 2.83 bits per heavy atom. The summed E-state index contributed by atoms with van der Waals surface area (Å²) in [6.45, 7) is 1.92. The summed E-state index contributed by atoms with van der Waals surface area (Å²) < 4.78 is 1.85. The highest BCUT2D eigenvalue weighted by molar-refractivity contribution is 7.99. The second kappa shape index (κ2) is 7.51. The van der Waals surface area contributed by atoms with Gasteiger partial charge in [0.2, 0.25) is 5.91 Å². The van der Waals surface area contributed by atoms with Gasteiger partial charge < -0.3 is 5.32 Å². The van der Waals surface area contributed by atoms with Crippen LogP contribution < -0.4 is 5.32 Å². The molecule has 0 spiro atoms. The molecule has 0 saturated heterocycles. The van der Waals surface area contributed by atoms with Gasteiger partial charge in [-0.2, -0.15) is 0 Å². The van der Waals surface area contributed by atoms with E-state index < -0.39 is 0 Å². The number of halogens is 1. The first-order chi connectivity index (χ1) is 11.6. The van der Waals surface area contributed by atoms with Crippen LogP contribution in [0.5, 0.6) is 0 Å². The number of benzene rings is 2. The van der Waals surface area contributed by atoms with Gasteiger partial charge in [0.1, 0.15) is 6.33 Å². The second-order valence-corrected chi connectivity index (χ2v) is 6.49. The molecule has 3 rings (SSSR count). The average molecular weight is 359 g/mol. The molecule has 24 heavy (non-hydrogen) atoms. The highest BCUT2D eigenvalue weighted by Gasteiger charge is 2.11. The van der Waals surface area contributed by atoms with Crippen molar-refractivity contribution in [3.05, 3.63) is 65.4 Å². The number of rotatable bonds is 5. The molecule has 1 N–H and O–H groups in total. The summed E-state index contributed by atoms with van der Waals surface area (Å²) in [5.74, 6) is 0.116. The molecular formula is C17H15ClN4OS. The van der Waals surface area contributed by atoms with E-state index in [1.165, 1.54) is 11.8 Å². The van der Waals surface area contributed by atoms with Crippen LogP contribution in [0.25, 0.3) is 5.69 Å². The molecule has 0 aliphatic heterocycles. The van der Waals surface area contributed by atoms with Crippen LogP contribution in [0.4, 0.5) is 5.69 Å². The molecule has 2 aromatic carbocycles. The first-order valence-electron chi connectivity index (χ1n) is 7.28. The van der Waals surface area contributed by atoms with Gasteiger partial charge in [-0.05, 0) is 36.8 Å². The molecule has 7 heteroatoms. The Hall–Kier alpha value is -2.31. The Labute approximate surface area is 149 Å². The fraction of sp³-hybridized carbons (Fsp3) is 0.118. The zero-order chi connectivity index (χ0) is 16.9. The number of carbonyl (C=O) groups excluding carboxylic acids is 1. The van der Waals surface area contributed by atoms with Crippen molar-refractivity contribution in [2.75, 3.05) is 11.1 Å². The first-order valence-corrected chi connectivity index (χ1v) is 8.64. The minimum Gasteiger partial charge on any atom is -0.325 e. The van der Waals surface area contributed by atoms with E-state index in [4.69, 9.17) is 11.6 Å². The van der Waals surface area contributed by atoms with E-state index in [1.54, 1.807) is 18.5 Å². The third-order valence-corrected chi connectivity index (χ3v) is 4.54. The Balaban J connectivity index is 1.65. The molecule has 0 saturated carbocycles. The molecular weight excluding hydrogens is 344 g/mol. The summed E-state index contributed by atoms with van der Waals surface area (Å²) >= 11 is 7.30. The van der Waals surface area contributed by atoms with Crippen LogP contribution in [-0.2, 0) is 4.79 Å². The first kappa shape index (κ1) is 16.5. The van der Waals surface area contributed by atoms with Crippen molar-refractivity contribution in [1.29, 1.82) is 0 Å². The molecule has 0 atom stereocenters. The zero-order valence-corrected chi connectivity index (χ0v) is 14.5. The summed E-state index contributed by atoms with van der Waals surface area (Å²) in [5.41, 5.74) is 2.64. The van der Waals surface area contributed by atoms with E-state index in [9.17, 15) is 4.79 Å². The topological polar surface area (TPSA) is 59.8 Å². The quantitative estimate of drug-likeness (QED) is 0.701. The van der Waals surface area contributed by atoms with Crippen LogP contribution in [0.2, 0.25) is 5.02 Å². The monoisotopic (exact) mass is 358 g/mol. The Kier molecular flexibility index (Phi) is 5.17. The SMILES string of the molecule is Cc1ccc(Cl)cc1NC(=O)CSc1nncn1-c1ccccc1. The zero-order valence-electron chi connectivity index (χ0n) is 12.9. The number of hydrogen-bond acceptors (Lipinski definition) is 4. The maximum absolute atomic E-state index is 12.2. The molecule has 0 radical (unpaired) electrons. The number of aryl methyl sites for hydroxylation is 1. The fourth-order valence-electron chi connectivity index (χ4n) is 2.13. The number of amides is 1. The molecule has 0 unspecified atom stereocenters. The molecule has 3 aromatic rings. The average Bonchev–Trinajstić information content (AvgIpc) is 3.06. The molecule has 1 amide bonds. The Morgan fingerprint density at radius 2 is 2.04 bits per heavy atom. The Morgan fingerprint density at radius 1 is 1.25 bits per heavy atom. The molecule has 0 bridgehead atoms. The lowest BCUT2D eigenvalue weighted by atomic mass is 10.2. The van der Waals surface area contributed by atoms with Gasteiger partial charge in [0.25, 0.3) is 0 Å². The van der Waals surface area contributed by atoms with Crippen molar-refractivity contribution in [3.63, 3.8) is 0 Å². The summed E-state index contributed by atoms with van der Waals surface area (Å²) in [6.07, 6.45) is 1.64. The molecule has 0 aliphatic rings. The third kappa shape index (κ3) is 3.96. The molecule has 0 aliphatic carbocycles. The van der Waals surface area contributed by atoms with Gasteiger partial charge in [-0.1, -0.05) is 47.6 Å². The molecule has 1 aromatic heterocycles. The van der Waals surface area contributed by atoms with E-state index >= 15 is 0 Å². The molecule has 122 valence electrons. The van der Waals surface area contributed by atoms with Crippen LogP contribution in [0.1, 0.15) is 5.56 Å². The van der Waals surface area contributed by atoms with Crippen molar-refractivity contribution >= 4 is 35.0 Å². The smallest absolute Gasteiger partial charge is 0.234 e. The largest absolute Gasteiger partial charge is 0.325 e. The predicted molar refractivity (Wildman–Crippen MR) is 96.9 cm³/mol. The highest BCUT2D eigenvalue weighted by Crippen LogP contribution is 2.22. The summed E-state index contributed by atoms with van der Waals surface area (Å²) in [7, 11) is 0. The minimum atomic E-state index is -0.118. The minimum absolute atomic E-state index is 0.118. The van der Waals surface area contributed by atoms with E-state index in [0.29, 0.717) is 10.2 Å². The summed E-state index contributed by atoms with van der Waals surface area (Å²) in [4.78, 5) is 12.2. The van der Waals surface area contributed by atoms with Crippen molar-refractivity contribution < 1.29 is 4.79 Å². The van der Waals surface area contributed by atoms with Gasteiger partial charge in [-0.25, -0.2) is 0 Å². The lowest BCUT2D eigenvalue weighted by molar-refractivity contribution is -0.113. The van der Waals surface area contributed by atoms with Crippen molar-refractivity contribution in [1.82, 2.24) is 14.8 Å². The van der Waals surface area contributed by atoms with E-state index in [1.807, 2.05) is 47.9 Å². The van der Waals surface area contributed by atoms with Gasteiger partial charge in [0.15, 0.2) is 5.16 Å². The van der Waals surface area contributed by atoms with Crippen LogP contribution in [-0.4, -0.2) is 26.4 Å². The number of nitrogens with one attached hydrogen (secondary N) is 1. The van der Waals surface area contributed by atoms with Crippen molar-refractivity contribution in [2.45, 2.75) is 12.1 Å². The predicted octanol–water partition coefficient (Wildman–Crippen LogP) is 3.96. The third-order valence-electron chi connectivity index (χ3n) is 3.36. The number of para-hydroxylation sites is 1. The van der Waals surface area contributed by atoms with Gasteiger partial charge in [-0.15, -0.1) is 10.2 Å². The number of nitrogens with zero attached hydrogens (tertiary/aromatic N) is 3. The number of thioether (sulfide) groups is 1. The summed E-state index contributed by atoms with van der Waals surface area (Å²) in [5, 5.41) is 12.1. The lowest BCUT2D eigenvalue weighted by Crippen LogP contribution is -2.15. The van der Waals surface area contributed by atoms with Crippen molar-refractivity contribution in [3.8, 4) is 5.69 Å². The van der Waals surface area contributed by atoms with Crippen LogP contribution in [0.3, 0.4) is 0 Å². The van der Waals surface area contributed by atoms with Crippen molar-refractivity contribution in [2.24, 2.45) is 0 Å². The van der Waals surface area contributed by atoms with Gasteiger partial charge in [0, 0.05) is 16.4 Å². The van der Waals surface area contributed by atoms with Crippen LogP contribution >= 0.6 is 23.4 Å². The Bertz CT molecular complexity index is 851. The lowest BCUT2D eigenvalue weighted by Gasteiger charge is -2.09. The maximum atomic E-state index is 12.2. The molecule has 0 fully saturated rings. The highest BCUT2D eigenvalue weighted by atomic mass is 35.5. The van der Waals surface area contributed by atoms with E-state index in [-0.39, 0.29) is 11.7 Å². The van der Waals surface area contributed by atoms with Gasteiger partial charge in [0.05, 0.1) is 5.75 Å². The molecule has 1 heterocycles. The van der Waals surface area contributed by atoms with Gasteiger partial charge >= 0.3 is 0 Å². The molecule has 5 nitrogen and oxygen atoms in total. The maximum Gasteiger partial charge on any atom is 0.234 e. The van der Waals surface area contributed by atoms with Crippen LogP contribution in [0, 0.1) is 6.92 Å². The number of aromatic nitrogens is 3. The van der Waals surface area contributed by atoms with E-state index in [2.05, 4.69) is 15.5 Å². The van der Waals surface area contributed by atoms with Gasteiger partial charge in [-0.3, -0.25) is 9.36 Å².